The summed E-state index contributed by atoms with van der Waals surface area (Å²) in [7, 11) is 4.05. The molecule has 0 aliphatic rings. The van der Waals surface area contributed by atoms with Crippen molar-refractivity contribution in [1.29, 1.82) is 0 Å². The van der Waals surface area contributed by atoms with E-state index in [0.717, 1.165) is 11.1 Å². The molecule has 4 heteroatoms. The van der Waals surface area contributed by atoms with Crippen molar-refractivity contribution in [1.82, 2.24) is 0 Å². The van der Waals surface area contributed by atoms with Gasteiger partial charge in [0.2, 0.25) is 0 Å². The average Bonchev–Trinajstić information content (AvgIpc) is 2.46. The van der Waals surface area contributed by atoms with Gasteiger partial charge in [-0.2, -0.15) is 8.96 Å². The second kappa shape index (κ2) is 7.93. The Morgan fingerprint density at radius 2 is 1.43 bits per heavy atom. The Balaban J connectivity index is 0.00000220. The van der Waals surface area contributed by atoms with Crippen LogP contribution >= 0.6 is 0 Å². The summed E-state index contributed by atoms with van der Waals surface area (Å²) in [6.07, 6.45) is 6.58. The van der Waals surface area contributed by atoms with E-state index in [1.807, 2.05) is 32.3 Å². The van der Waals surface area contributed by atoms with Crippen LogP contribution in [0.4, 0.5) is 10.1 Å². The summed E-state index contributed by atoms with van der Waals surface area (Å²) in [5.74, 6) is 0. The lowest BCUT2D eigenvalue weighted by molar-refractivity contribution is -0.743. The number of alkyl halides is 1. The molecule has 0 amide bonds. The van der Waals surface area contributed by atoms with Crippen LogP contribution < -0.4 is 26.4 Å². The SMILES string of the molecule is CC(F)[n+]1ccc(/C=C/c2ccc(N(C)C)cc2)cc1.[Br-]. The van der Waals surface area contributed by atoms with Gasteiger partial charge in [0, 0.05) is 38.8 Å². The molecular weight excluding hydrogens is 331 g/mol. The van der Waals surface area contributed by atoms with Gasteiger partial charge in [-0.3, -0.25) is 0 Å². The Morgan fingerprint density at radius 3 is 1.86 bits per heavy atom. The zero-order chi connectivity index (χ0) is 14.5. The number of anilines is 1. The summed E-state index contributed by atoms with van der Waals surface area (Å²) in [5.41, 5.74) is 3.38. The standard InChI is InChI=1S/C17H20FN2.BrH/c1-14(18)20-12-10-16(11-13-20)5-4-15-6-8-17(9-7-15)19(2)3;/h4-14H,1-3H3;1H/q+1;/p-1. The van der Waals surface area contributed by atoms with Crippen molar-refractivity contribution in [3.8, 4) is 0 Å². The van der Waals surface area contributed by atoms with E-state index in [4.69, 9.17) is 0 Å². The van der Waals surface area contributed by atoms with Crippen LogP contribution in [0.3, 0.4) is 0 Å². The van der Waals surface area contributed by atoms with Gasteiger partial charge in [-0.1, -0.05) is 24.3 Å². The smallest absolute Gasteiger partial charge is 0.296 e. The minimum Gasteiger partial charge on any atom is -1.00 e. The van der Waals surface area contributed by atoms with Crippen LogP contribution in [-0.4, -0.2) is 14.1 Å². The third-order valence-corrected chi connectivity index (χ3v) is 3.17. The highest BCUT2D eigenvalue weighted by molar-refractivity contribution is 5.70. The normalized spacial score (nSPS) is 12.0. The number of benzene rings is 1. The Kier molecular flexibility index (Phi) is 6.56. The molecule has 1 aromatic heterocycles. The van der Waals surface area contributed by atoms with Crippen molar-refractivity contribution in [2.24, 2.45) is 0 Å². The number of nitrogens with zero attached hydrogens (tertiary/aromatic N) is 2. The zero-order valence-corrected chi connectivity index (χ0v) is 14.1. The maximum atomic E-state index is 13.1. The number of aromatic nitrogens is 1. The first-order valence-electron chi connectivity index (χ1n) is 6.66. The summed E-state index contributed by atoms with van der Waals surface area (Å²) in [6.45, 7) is 1.52. The molecule has 0 aliphatic heterocycles. The summed E-state index contributed by atoms with van der Waals surface area (Å²) in [4.78, 5) is 2.07. The fourth-order valence-corrected chi connectivity index (χ4v) is 1.87. The predicted molar refractivity (Wildman–Crippen MR) is 82.2 cm³/mol. The molecule has 21 heavy (non-hydrogen) atoms. The monoisotopic (exact) mass is 350 g/mol. The molecule has 0 bridgehead atoms. The number of hydrogen-bond donors (Lipinski definition) is 0. The Morgan fingerprint density at radius 1 is 0.952 bits per heavy atom. The molecule has 2 rings (SSSR count). The molecular formula is C17H20BrFN2. The van der Waals surface area contributed by atoms with Gasteiger partial charge < -0.3 is 21.9 Å². The van der Waals surface area contributed by atoms with Crippen LogP contribution in [0.15, 0.2) is 48.8 Å². The molecule has 0 fully saturated rings. The van der Waals surface area contributed by atoms with E-state index >= 15 is 0 Å². The predicted octanol–water partition coefficient (Wildman–Crippen LogP) is 0.702. The number of pyridine rings is 1. The summed E-state index contributed by atoms with van der Waals surface area (Å²) >= 11 is 0. The molecule has 2 nitrogen and oxygen atoms in total. The first-order valence-corrected chi connectivity index (χ1v) is 6.66. The molecule has 1 aromatic carbocycles. The molecule has 112 valence electrons. The van der Waals surface area contributed by atoms with Gasteiger partial charge in [0.25, 0.3) is 6.30 Å². The molecule has 0 radical (unpaired) electrons. The summed E-state index contributed by atoms with van der Waals surface area (Å²) in [6, 6.07) is 12.1. The van der Waals surface area contributed by atoms with Crippen molar-refractivity contribution in [3.05, 3.63) is 59.9 Å². The van der Waals surface area contributed by atoms with E-state index < -0.39 is 6.30 Å². The number of rotatable bonds is 4. The van der Waals surface area contributed by atoms with Crippen LogP contribution in [-0.2, 0) is 0 Å². The minimum absolute atomic E-state index is 0. The molecule has 0 spiro atoms. The van der Waals surface area contributed by atoms with E-state index in [-0.39, 0.29) is 17.0 Å². The second-order valence-electron chi connectivity index (χ2n) is 4.97. The molecule has 2 aromatic rings. The van der Waals surface area contributed by atoms with Crippen molar-refractivity contribution in [3.63, 3.8) is 0 Å². The molecule has 0 N–H and O–H groups in total. The van der Waals surface area contributed by atoms with E-state index in [9.17, 15) is 4.39 Å². The fourth-order valence-electron chi connectivity index (χ4n) is 1.87. The average molecular weight is 351 g/mol. The summed E-state index contributed by atoms with van der Waals surface area (Å²) in [5, 5.41) is 0. The van der Waals surface area contributed by atoms with E-state index in [0.29, 0.717) is 0 Å². The van der Waals surface area contributed by atoms with Gasteiger partial charge in [-0.05, 0) is 23.3 Å². The van der Waals surface area contributed by atoms with Gasteiger partial charge in [0.1, 0.15) is 0 Å². The van der Waals surface area contributed by atoms with Crippen LogP contribution in [0, 0.1) is 0 Å². The van der Waals surface area contributed by atoms with E-state index in [1.54, 1.807) is 12.4 Å². The number of halogens is 2. The van der Waals surface area contributed by atoms with E-state index in [2.05, 4.69) is 35.2 Å². The zero-order valence-electron chi connectivity index (χ0n) is 12.5. The largest absolute Gasteiger partial charge is 1.00 e. The van der Waals surface area contributed by atoms with Gasteiger partial charge in [0.05, 0.1) is 0 Å². The van der Waals surface area contributed by atoms with Crippen LogP contribution in [0.25, 0.3) is 12.2 Å². The van der Waals surface area contributed by atoms with Gasteiger partial charge in [0.15, 0.2) is 12.4 Å². The molecule has 1 unspecified atom stereocenters. The van der Waals surface area contributed by atoms with Crippen LogP contribution in [0.1, 0.15) is 24.3 Å². The lowest BCUT2D eigenvalue weighted by Crippen LogP contribution is -3.00. The molecule has 0 saturated heterocycles. The maximum Gasteiger partial charge on any atom is 0.296 e. The fraction of sp³-hybridized carbons (Fsp3) is 0.235. The molecule has 0 saturated carbocycles. The quantitative estimate of drug-likeness (QED) is 0.736. The highest BCUT2D eigenvalue weighted by Gasteiger charge is 2.07. The Hall–Kier alpha value is -1.68. The second-order valence-corrected chi connectivity index (χ2v) is 4.97. The number of hydrogen-bond acceptors (Lipinski definition) is 1. The van der Waals surface area contributed by atoms with Crippen LogP contribution in [0.2, 0.25) is 0 Å². The summed E-state index contributed by atoms with van der Waals surface area (Å²) < 4.78 is 14.6. The first-order chi connectivity index (χ1) is 9.56. The van der Waals surface area contributed by atoms with Gasteiger partial charge >= 0.3 is 0 Å². The van der Waals surface area contributed by atoms with Crippen molar-refractivity contribution < 1.29 is 25.9 Å². The van der Waals surface area contributed by atoms with Gasteiger partial charge in [-0.15, -0.1) is 0 Å². The minimum atomic E-state index is -0.994. The highest BCUT2D eigenvalue weighted by atomic mass is 79.9. The van der Waals surface area contributed by atoms with Crippen molar-refractivity contribution in [2.45, 2.75) is 13.2 Å². The first kappa shape index (κ1) is 17.4. The topological polar surface area (TPSA) is 7.12 Å². The van der Waals surface area contributed by atoms with Gasteiger partial charge in [-0.25, -0.2) is 0 Å². The third kappa shape index (κ3) is 4.97. The Labute approximate surface area is 136 Å². The lowest BCUT2D eigenvalue weighted by atomic mass is 10.1. The molecule has 1 heterocycles. The van der Waals surface area contributed by atoms with E-state index in [1.165, 1.54) is 17.2 Å². The molecule has 1 atom stereocenters. The maximum absolute atomic E-state index is 13.1. The van der Waals surface area contributed by atoms with Crippen molar-refractivity contribution >= 4 is 17.8 Å². The third-order valence-electron chi connectivity index (χ3n) is 3.17. The van der Waals surface area contributed by atoms with Crippen molar-refractivity contribution in [2.75, 3.05) is 19.0 Å². The van der Waals surface area contributed by atoms with Crippen LogP contribution in [0.5, 0.6) is 0 Å². The highest BCUT2D eigenvalue weighted by Crippen LogP contribution is 2.14. The lowest BCUT2D eigenvalue weighted by Gasteiger charge is -2.11. The molecule has 0 aliphatic carbocycles. The Bertz CT molecular complexity index is 521.